The van der Waals surface area contributed by atoms with E-state index in [-0.39, 0.29) is 5.91 Å². The van der Waals surface area contributed by atoms with Crippen LogP contribution in [0.3, 0.4) is 0 Å². The number of rotatable bonds is 8. The molecular formula is C26H31N3O3. The molecule has 0 bridgehead atoms. The number of aromatic nitrogens is 1. The average Bonchev–Trinajstić information content (AvgIpc) is 3.28. The maximum atomic E-state index is 13.5. The molecule has 3 aromatic rings. The number of benzene rings is 2. The third-order valence-corrected chi connectivity index (χ3v) is 5.90. The van der Waals surface area contributed by atoms with E-state index >= 15 is 0 Å². The monoisotopic (exact) mass is 433 g/mol. The molecule has 2 heterocycles. The van der Waals surface area contributed by atoms with Gasteiger partial charge in [-0.1, -0.05) is 48.5 Å². The van der Waals surface area contributed by atoms with Crippen molar-refractivity contribution in [3.8, 4) is 17.0 Å². The van der Waals surface area contributed by atoms with Gasteiger partial charge in [0.2, 0.25) is 5.88 Å². The van der Waals surface area contributed by atoms with E-state index in [1.165, 1.54) is 6.42 Å². The summed E-state index contributed by atoms with van der Waals surface area (Å²) in [6, 6.07) is 17.4. The molecule has 1 aliphatic heterocycles. The molecule has 6 heteroatoms. The predicted octanol–water partition coefficient (Wildman–Crippen LogP) is 5.39. The van der Waals surface area contributed by atoms with Crippen LogP contribution in [-0.2, 0) is 6.54 Å². The zero-order valence-corrected chi connectivity index (χ0v) is 18.9. The highest BCUT2D eigenvalue weighted by atomic mass is 16.5. The second-order valence-electron chi connectivity index (χ2n) is 8.19. The fraction of sp³-hybridized carbons (Fsp3) is 0.385. The minimum atomic E-state index is -0.0180. The van der Waals surface area contributed by atoms with Crippen LogP contribution in [0, 0.1) is 0 Å². The van der Waals surface area contributed by atoms with Crippen LogP contribution in [0.4, 0.5) is 5.88 Å². The first-order valence-corrected chi connectivity index (χ1v) is 11.4. The van der Waals surface area contributed by atoms with Crippen LogP contribution in [-0.4, -0.2) is 42.7 Å². The Morgan fingerprint density at radius 2 is 1.88 bits per heavy atom. The molecule has 0 radical (unpaired) electrons. The summed E-state index contributed by atoms with van der Waals surface area (Å²) in [6.07, 6.45) is 4.38. The number of methoxy groups -OCH3 is 1. The summed E-state index contributed by atoms with van der Waals surface area (Å²) in [6.45, 7) is 5.09. The van der Waals surface area contributed by atoms with Gasteiger partial charge in [-0.25, -0.2) is 0 Å². The molecule has 1 aromatic heterocycles. The van der Waals surface area contributed by atoms with Crippen molar-refractivity contribution in [3.05, 3.63) is 65.7 Å². The molecular weight excluding hydrogens is 402 g/mol. The summed E-state index contributed by atoms with van der Waals surface area (Å²) < 4.78 is 11.2. The lowest BCUT2D eigenvalue weighted by Gasteiger charge is -2.28. The number of carbonyl (C=O) groups excluding carboxylic acids is 1. The second-order valence-corrected chi connectivity index (χ2v) is 8.19. The van der Waals surface area contributed by atoms with Gasteiger partial charge in [-0.05, 0) is 43.9 Å². The Balaban J connectivity index is 1.70. The van der Waals surface area contributed by atoms with E-state index in [1.807, 2.05) is 53.4 Å². The molecule has 1 fully saturated rings. The van der Waals surface area contributed by atoms with Gasteiger partial charge in [0.05, 0.1) is 19.2 Å². The van der Waals surface area contributed by atoms with Crippen molar-refractivity contribution in [2.75, 3.05) is 31.6 Å². The van der Waals surface area contributed by atoms with E-state index in [1.54, 1.807) is 13.2 Å². The van der Waals surface area contributed by atoms with Gasteiger partial charge in [-0.2, -0.15) is 0 Å². The van der Waals surface area contributed by atoms with Crippen LogP contribution in [0.1, 0.15) is 48.5 Å². The summed E-state index contributed by atoms with van der Waals surface area (Å²) in [4.78, 5) is 17.6. The lowest BCUT2D eigenvalue weighted by molar-refractivity contribution is 0.0743. The maximum absolute atomic E-state index is 13.5. The van der Waals surface area contributed by atoms with Crippen molar-refractivity contribution in [1.29, 1.82) is 0 Å². The standard InChI is InChI=1S/C26H31N3O3/c1-3-15-29(25(30)21-13-10-14-22(18-21)31-2)19-23-24(20-11-6-4-7-12-20)27-32-26(23)28-16-8-5-9-17-28/h4,6-7,10-14,18H,3,5,8-9,15-17,19H2,1-2H3. The van der Waals surface area contributed by atoms with E-state index < -0.39 is 0 Å². The number of ether oxygens (including phenoxy) is 1. The number of anilines is 1. The molecule has 1 aliphatic rings. The topological polar surface area (TPSA) is 58.8 Å². The van der Waals surface area contributed by atoms with Gasteiger partial charge in [0.25, 0.3) is 5.91 Å². The van der Waals surface area contributed by atoms with Crippen LogP contribution < -0.4 is 9.64 Å². The predicted molar refractivity (Wildman–Crippen MR) is 126 cm³/mol. The first-order chi connectivity index (χ1) is 15.7. The zero-order chi connectivity index (χ0) is 22.3. The Kier molecular flexibility index (Phi) is 7.10. The van der Waals surface area contributed by atoms with Crippen LogP contribution in [0.5, 0.6) is 5.75 Å². The molecule has 0 aliphatic carbocycles. The van der Waals surface area contributed by atoms with Crippen molar-refractivity contribution >= 4 is 11.8 Å². The van der Waals surface area contributed by atoms with E-state index in [0.29, 0.717) is 24.4 Å². The normalized spacial score (nSPS) is 13.8. The molecule has 168 valence electrons. The van der Waals surface area contributed by atoms with Crippen molar-refractivity contribution in [1.82, 2.24) is 10.1 Å². The van der Waals surface area contributed by atoms with Gasteiger partial charge < -0.3 is 19.1 Å². The Labute approximate surface area is 189 Å². The smallest absolute Gasteiger partial charge is 0.254 e. The molecule has 0 unspecified atom stereocenters. The van der Waals surface area contributed by atoms with Crippen LogP contribution >= 0.6 is 0 Å². The zero-order valence-electron chi connectivity index (χ0n) is 18.9. The number of amides is 1. The average molecular weight is 434 g/mol. The van der Waals surface area contributed by atoms with Crippen molar-refractivity contribution < 1.29 is 14.1 Å². The molecule has 0 saturated carbocycles. The highest BCUT2D eigenvalue weighted by molar-refractivity contribution is 5.94. The summed E-state index contributed by atoms with van der Waals surface area (Å²) in [5.74, 6) is 1.45. The number of hydrogen-bond donors (Lipinski definition) is 0. The van der Waals surface area contributed by atoms with Crippen LogP contribution in [0.25, 0.3) is 11.3 Å². The fourth-order valence-corrected chi connectivity index (χ4v) is 4.26. The molecule has 6 nitrogen and oxygen atoms in total. The van der Waals surface area contributed by atoms with Gasteiger partial charge in [-0.3, -0.25) is 4.79 Å². The van der Waals surface area contributed by atoms with Gasteiger partial charge in [0, 0.05) is 30.8 Å². The molecule has 2 aromatic carbocycles. The van der Waals surface area contributed by atoms with Gasteiger partial charge in [0.15, 0.2) is 0 Å². The van der Waals surface area contributed by atoms with Gasteiger partial charge >= 0.3 is 0 Å². The summed E-state index contributed by atoms with van der Waals surface area (Å²) >= 11 is 0. The van der Waals surface area contributed by atoms with E-state index in [9.17, 15) is 4.79 Å². The fourth-order valence-electron chi connectivity index (χ4n) is 4.26. The van der Waals surface area contributed by atoms with Gasteiger partial charge in [-0.15, -0.1) is 0 Å². The number of nitrogens with zero attached hydrogens (tertiary/aromatic N) is 3. The Bertz CT molecular complexity index is 1030. The summed E-state index contributed by atoms with van der Waals surface area (Å²) in [7, 11) is 1.61. The minimum Gasteiger partial charge on any atom is -0.497 e. The molecule has 0 spiro atoms. The number of carbonyl (C=O) groups is 1. The largest absolute Gasteiger partial charge is 0.497 e. The highest BCUT2D eigenvalue weighted by Crippen LogP contribution is 2.34. The summed E-state index contributed by atoms with van der Waals surface area (Å²) in [5, 5.41) is 4.46. The van der Waals surface area contributed by atoms with E-state index in [0.717, 1.165) is 55.1 Å². The molecule has 0 atom stereocenters. The number of piperidine rings is 1. The SMILES string of the molecule is CCCN(Cc1c(-c2ccccc2)noc1N1CCCCC1)C(=O)c1cccc(OC)c1. The second kappa shape index (κ2) is 10.4. The lowest BCUT2D eigenvalue weighted by atomic mass is 10.0. The third-order valence-electron chi connectivity index (χ3n) is 5.90. The molecule has 0 N–H and O–H groups in total. The molecule has 1 saturated heterocycles. The molecule has 32 heavy (non-hydrogen) atoms. The molecule has 4 rings (SSSR count). The van der Waals surface area contributed by atoms with E-state index in [4.69, 9.17) is 9.26 Å². The Morgan fingerprint density at radius 1 is 1.09 bits per heavy atom. The highest BCUT2D eigenvalue weighted by Gasteiger charge is 2.27. The first kappa shape index (κ1) is 21.9. The van der Waals surface area contributed by atoms with Crippen molar-refractivity contribution in [3.63, 3.8) is 0 Å². The van der Waals surface area contributed by atoms with E-state index in [2.05, 4.69) is 17.0 Å². The van der Waals surface area contributed by atoms with Gasteiger partial charge in [0.1, 0.15) is 11.4 Å². The number of hydrogen-bond acceptors (Lipinski definition) is 5. The molecule has 1 amide bonds. The minimum absolute atomic E-state index is 0.0180. The van der Waals surface area contributed by atoms with Crippen molar-refractivity contribution in [2.24, 2.45) is 0 Å². The Morgan fingerprint density at radius 3 is 2.59 bits per heavy atom. The first-order valence-electron chi connectivity index (χ1n) is 11.4. The Hall–Kier alpha value is -3.28. The quantitative estimate of drug-likeness (QED) is 0.476. The van der Waals surface area contributed by atoms with Crippen molar-refractivity contribution in [2.45, 2.75) is 39.2 Å². The van der Waals surface area contributed by atoms with Crippen LogP contribution in [0.15, 0.2) is 59.1 Å². The summed E-state index contributed by atoms with van der Waals surface area (Å²) in [5.41, 5.74) is 3.41. The maximum Gasteiger partial charge on any atom is 0.254 e. The lowest BCUT2D eigenvalue weighted by Crippen LogP contribution is -2.33. The van der Waals surface area contributed by atoms with Crippen LogP contribution in [0.2, 0.25) is 0 Å². The third kappa shape index (κ3) is 4.79.